The van der Waals surface area contributed by atoms with Crippen LogP contribution in [0.15, 0.2) is 206 Å². The molecule has 0 saturated heterocycles. The molecule has 12 rings (SSSR count). The van der Waals surface area contributed by atoms with Crippen LogP contribution in [-0.4, -0.2) is 0 Å². The zero-order valence-corrected chi connectivity index (χ0v) is 31.0. The summed E-state index contributed by atoms with van der Waals surface area (Å²) in [5.74, 6) is 1.79. The lowest BCUT2D eigenvalue weighted by molar-refractivity contribution is 0.487. The van der Waals surface area contributed by atoms with Crippen LogP contribution in [0.3, 0.4) is 0 Å². The summed E-state index contributed by atoms with van der Waals surface area (Å²) >= 11 is 0. The Morgan fingerprint density at radius 2 is 0.877 bits per heavy atom. The van der Waals surface area contributed by atoms with Crippen molar-refractivity contribution in [2.24, 2.45) is 0 Å². The highest BCUT2D eigenvalue weighted by Crippen LogP contribution is 2.51. The number of ether oxygens (including phenoxy) is 1. The summed E-state index contributed by atoms with van der Waals surface area (Å²) in [7, 11) is 0. The van der Waals surface area contributed by atoms with Crippen molar-refractivity contribution in [3.05, 3.63) is 206 Å². The predicted molar refractivity (Wildman–Crippen MR) is 241 cm³/mol. The normalized spacial score (nSPS) is 12.0. The fourth-order valence-corrected chi connectivity index (χ4v) is 9.51. The molecule has 0 spiro atoms. The molecule has 0 atom stereocenters. The Morgan fingerprint density at radius 3 is 1.72 bits per heavy atom. The zero-order chi connectivity index (χ0) is 37.5. The smallest absolute Gasteiger partial charge is 0.135 e. The molecule has 264 valence electrons. The van der Waals surface area contributed by atoms with Crippen molar-refractivity contribution in [2.45, 2.75) is 0 Å². The van der Waals surface area contributed by atoms with E-state index in [0.717, 1.165) is 22.4 Å². The molecule has 1 aliphatic heterocycles. The van der Waals surface area contributed by atoms with Gasteiger partial charge < -0.3 is 4.74 Å². The fraction of sp³-hybridized carbons (Fsp3) is 0. The fourth-order valence-electron chi connectivity index (χ4n) is 9.51. The van der Waals surface area contributed by atoms with Gasteiger partial charge in [-0.3, -0.25) is 0 Å². The topological polar surface area (TPSA) is 9.23 Å². The third-order valence-electron chi connectivity index (χ3n) is 12.0. The van der Waals surface area contributed by atoms with E-state index in [9.17, 15) is 0 Å². The van der Waals surface area contributed by atoms with E-state index in [4.69, 9.17) is 4.74 Å². The molecule has 0 aliphatic carbocycles. The first-order valence-electron chi connectivity index (χ1n) is 19.7. The first-order valence-corrected chi connectivity index (χ1v) is 19.7. The highest BCUT2D eigenvalue weighted by atomic mass is 16.5. The average molecular weight is 723 g/mol. The summed E-state index contributed by atoms with van der Waals surface area (Å²) in [6, 6.07) is 75.2. The molecule has 0 saturated carbocycles. The van der Waals surface area contributed by atoms with Gasteiger partial charge in [0.25, 0.3) is 0 Å². The maximum atomic E-state index is 6.60. The lowest BCUT2D eigenvalue weighted by atomic mass is 9.83. The second kappa shape index (κ2) is 12.5. The molecule has 1 heteroatoms. The van der Waals surface area contributed by atoms with Crippen LogP contribution in [0.1, 0.15) is 0 Å². The van der Waals surface area contributed by atoms with Gasteiger partial charge in [-0.15, -0.1) is 0 Å². The van der Waals surface area contributed by atoms with Gasteiger partial charge in [-0.2, -0.15) is 0 Å². The lowest BCUT2D eigenvalue weighted by Crippen LogP contribution is -1.98. The summed E-state index contributed by atoms with van der Waals surface area (Å²) in [4.78, 5) is 0. The lowest BCUT2D eigenvalue weighted by Gasteiger charge is -2.23. The maximum Gasteiger partial charge on any atom is 0.135 e. The maximum absolute atomic E-state index is 6.60. The first-order chi connectivity index (χ1) is 28.3. The van der Waals surface area contributed by atoms with E-state index in [1.165, 1.54) is 98.5 Å². The molecule has 0 amide bonds. The Labute approximate surface area is 330 Å². The quantitative estimate of drug-likeness (QED) is 0.130. The van der Waals surface area contributed by atoms with Crippen molar-refractivity contribution in [3.8, 4) is 67.1 Å². The number of hydrogen-bond acceptors (Lipinski definition) is 1. The minimum atomic E-state index is 0.894. The summed E-state index contributed by atoms with van der Waals surface area (Å²) < 4.78 is 6.60. The van der Waals surface area contributed by atoms with Gasteiger partial charge >= 0.3 is 0 Å². The molecular weight excluding hydrogens is 689 g/mol. The second-order valence-corrected chi connectivity index (χ2v) is 15.1. The van der Waals surface area contributed by atoms with Gasteiger partial charge in [-0.05, 0) is 123 Å². The summed E-state index contributed by atoms with van der Waals surface area (Å²) in [5.41, 5.74) is 12.1. The molecule has 0 radical (unpaired) electrons. The van der Waals surface area contributed by atoms with Crippen molar-refractivity contribution in [1.82, 2.24) is 0 Å². The van der Waals surface area contributed by atoms with E-state index in [-0.39, 0.29) is 0 Å². The summed E-state index contributed by atoms with van der Waals surface area (Å²) in [5, 5.41) is 12.4. The SMILES string of the molecule is c1ccc(-c2ccc3c(c2)-c2cccc4c(-c5ccc6c(-c7c8ccccc8c(-c8ccccc8)c8c7ccc7ccccc78)cccc6c5)ccc(c24)O3)cc1. The molecule has 11 aromatic carbocycles. The third-order valence-corrected chi connectivity index (χ3v) is 12.0. The Balaban J connectivity index is 1.06. The molecular formula is C56H34O. The molecule has 0 aromatic heterocycles. The molecule has 1 nitrogen and oxygen atoms in total. The molecule has 0 unspecified atom stereocenters. The van der Waals surface area contributed by atoms with Crippen LogP contribution in [-0.2, 0) is 0 Å². The van der Waals surface area contributed by atoms with Crippen LogP contribution in [0.4, 0.5) is 0 Å². The Kier molecular flexibility index (Phi) is 7.00. The number of rotatable bonds is 4. The third kappa shape index (κ3) is 4.89. The van der Waals surface area contributed by atoms with Crippen LogP contribution >= 0.6 is 0 Å². The van der Waals surface area contributed by atoms with Crippen molar-refractivity contribution in [1.29, 1.82) is 0 Å². The molecule has 0 N–H and O–H groups in total. The van der Waals surface area contributed by atoms with Gasteiger partial charge in [-0.25, -0.2) is 0 Å². The van der Waals surface area contributed by atoms with E-state index in [0.29, 0.717) is 0 Å². The van der Waals surface area contributed by atoms with Gasteiger partial charge in [0.15, 0.2) is 0 Å². The largest absolute Gasteiger partial charge is 0.456 e. The minimum absolute atomic E-state index is 0.894. The van der Waals surface area contributed by atoms with Gasteiger partial charge in [-0.1, -0.05) is 182 Å². The van der Waals surface area contributed by atoms with E-state index < -0.39 is 0 Å². The molecule has 1 heterocycles. The van der Waals surface area contributed by atoms with Crippen molar-refractivity contribution in [2.75, 3.05) is 0 Å². The van der Waals surface area contributed by atoms with E-state index >= 15 is 0 Å². The average Bonchev–Trinajstić information content (AvgIpc) is 3.28. The second-order valence-electron chi connectivity index (χ2n) is 15.1. The number of benzene rings is 11. The van der Waals surface area contributed by atoms with Gasteiger partial charge in [0, 0.05) is 10.9 Å². The minimum Gasteiger partial charge on any atom is -0.456 e. The van der Waals surface area contributed by atoms with Crippen LogP contribution in [0, 0.1) is 0 Å². The zero-order valence-electron chi connectivity index (χ0n) is 31.0. The van der Waals surface area contributed by atoms with Crippen LogP contribution in [0.25, 0.3) is 109 Å². The van der Waals surface area contributed by atoms with Crippen LogP contribution < -0.4 is 4.74 Å². The Morgan fingerprint density at radius 1 is 0.246 bits per heavy atom. The highest BCUT2D eigenvalue weighted by Gasteiger charge is 2.23. The van der Waals surface area contributed by atoms with Gasteiger partial charge in [0.1, 0.15) is 11.5 Å². The van der Waals surface area contributed by atoms with E-state index in [1.54, 1.807) is 0 Å². The standard InChI is InChI=1S/C56H34O/c1-3-13-35(14-4-1)38-27-31-51-50(34-38)48-24-12-23-45-42(30-32-52(57-51)55(45)48)40-26-28-41-39(33-40)18-11-22-44(41)54-47-21-10-9-20-46(47)53(37-16-5-2-6-17-37)56-43-19-8-7-15-36(43)25-29-49(54)56/h1-34H. The van der Waals surface area contributed by atoms with E-state index in [1.807, 2.05) is 0 Å². The predicted octanol–water partition coefficient (Wildman–Crippen LogP) is 15.9. The molecule has 1 aliphatic rings. The van der Waals surface area contributed by atoms with E-state index in [2.05, 4.69) is 206 Å². The highest BCUT2D eigenvalue weighted by molar-refractivity contribution is 6.29. The first kappa shape index (κ1) is 31.8. The van der Waals surface area contributed by atoms with Crippen molar-refractivity contribution < 1.29 is 4.74 Å². The number of fused-ring (bicyclic) bond motifs is 7. The van der Waals surface area contributed by atoms with Gasteiger partial charge in [0.2, 0.25) is 0 Å². The molecule has 11 aromatic rings. The van der Waals surface area contributed by atoms with Gasteiger partial charge in [0.05, 0.1) is 0 Å². The number of hydrogen-bond donors (Lipinski definition) is 0. The Hall–Kier alpha value is -7.48. The van der Waals surface area contributed by atoms with Crippen molar-refractivity contribution >= 4 is 53.9 Å². The molecule has 0 bridgehead atoms. The van der Waals surface area contributed by atoms with Crippen molar-refractivity contribution in [3.63, 3.8) is 0 Å². The summed E-state index contributed by atoms with van der Waals surface area (Å²) in [6.07, 6.45) is 0. The molecule has 0 fully saturated rings. The monoisotopic (exact) mass is 722 g/mol. The van der Waals surface area contributed by atoms with Crippen LogP contribution in [0.2, 0.25) is 0 Å². The molecule has 57 heavy (non-hydrogen) atoms. The van der Waals surface area contributed by atoms with Crippen LogP contribution in [0.5, 0.6) is 11.5 Å². The summed E-state index contributed by atoms with van der Waals surface area (Å²) in [6.45, 7) is 0. The Bertz CT molecular complexity index is 3420.